The van der Waals surface area contributed by atoms with Gasteiger partial charge in [0, 0.05) is 18.4 Å². The standard InChI is InChI=1S/C15H19BrN2O/c1-2-18-10-12-3-4-14(13(16)9-12)19-11-15(5-6-15)7-8-17/h3-4,9,18H,2,5-7,10-11H2,1H3. The third kappa shape index (κ3) is 3.95. The van der Waals surface area contributed by atoms with Gasteiger partial charge >= 0.3 is 0 Å². The minimum absolute atomic E-state index is 0.122. The Morgan fingerprint density at radius 2 is 2.26 bits per heavy atom. The molecule has 1 aliphatic rings. The summed E-state index contributed by atoms with van der Waals surface area (Å²) >= 11 is 3.55. The average molecular weight is 323 g/mol. The smallest absolute Gasteiger partial charge is 0.133 e. The van der Waals surface area contributed by atoms with Crippen molar-refractivity contribution in [1.82, 2.24) is 5.32 Å². The van der Waals surface area contributed by atoms with E-state index in [9.17, 15) is 0 Å². The van der Waals surface area contributed by atoms with Crippen molar-refractivity contribution >= 4 is 15.9 Å². The van der Waals surface area contributed by atoms with Gasteiger partial charge in [-0.15, -0.1) is 0 Å². The molecule has 3 nitrogen and oxygen atoms in total. The second kappa shape index (κ2) is 6.40. The second-order valence-electron chi connectivity index (χ2n) is 5.17. The van der Waals surface area contributed by atoms with Gasteiger partial charge in [-0.25, -0.2) is 0 Å². The van der Waals surface area contributed by atoms with Crippen LogP contribution in [0.2, 0.25) is 0 Å². The van der Waals surface area contributed by atoms with E-state index in [1.165, 1.54) is 5.56 Å². The van der Waals surface area contributed by atoms with Crippen LogP contribution in [0.5, 0.6) is 5.75 Å². The summed E-state index contributed by atoms with van der Waals surface area (Å²) in [6.45, 7) is 4.57. The highest BCUT2D eigenvalue weighted by Crippen LogP contribution is 2.49. The maximum Gasteiger partial charge on any atom is 0.133 e. The van der Waals surface area contributed by atoms with Crippen LogP contribution in [0.1, 0.15) is 31.7 Å². The first-order valence-corrected chi connectivity index (χ1v) is 7.47. The van der Waals surface area contributed by atoms with Gasteiger partial charge < -0.3 is 10.1 Å². The minimum Gasteiger partial charge on any atom is -0.492 e. The molecule has 1 aliphatic carbocycles. The molecule has 1 N–H and O–H groups in total. The maximum atomic E-state index is 8.79. The van der Waals surface area contributed by atoms with Gasteiger partial charge in [0.05, 0.1) is 17.1 Å². The number of nitriles is 1. The average Bonchev–Trinajstić information content (AvgIpc) is 3.16. The normalized spacial score (nSPS) is 15.8. The van der Waals surface area contributed by atoms with Crippen LogP contribution in [-0.2, 0) is 6.54 Å². The monoisotopic (exact) mass is 322 g/mol. The van der Waals surface area contributed by atoms with Crippen LogP contribution in [0.3, 0.4) is 0 Å². The van der Waals surface area contributed by atoms with E-state index in [2.05, 4.69) is 46.4 Å². The summed E-state index contributed by atoms with van der Waals surface area (Å²) < 4.78 is 6.84. The van der Waals surface area contributed by atoms with Crippen LogP contribution in [0.25, 0.3) is 0 Å². The van der Waals surface area contributed by atoms with Gasteiger partial charge in [-0.2, -0.15) is 5.26 Å². The summed E-state index contributed by atoms with van der Waals surface area (Å²) in [4.78, 5) is 0. The fourth-order valence-electron chi connectivity index (χ4n) is 1.99. The molecule has 2 rings (SSSR count). The van der Waals surface area contributed by atoms with Gasteiger partial charge in [-0.1, -0.05) is 13.0 Å². The van der Waals surface area contributed by atoms with E-state index in [4.69, 9.17) is 10.00 Å². The van der Waals surface area contributed by atoms with Crippen molar-refractivity contribution in [3.8, 4) is 11.8 Å². The van der Waals surface area contributed by atoms with Crippen LogP contribution in [0, 0.1) is 16.7 Å². The first-order chi connectivity index (χ1) is 9.19. The largest absolute Gasteiger partial charge is 0.492 e. The molecule has 1 saturated carbocycles. The third-order valence-electron chi connectivity index (χ3n) is 3.52. The Balaban J connectivity index is 1.92. The first-order valence-electron chi connectivity index (χ1n) is 6.68. The molecule has 0 saturated heterocycles. The lowest BCUT2D eigenvalue weighted by Crippen LogP contribution is -2.13. The number of hydrogen-bond acceptors (Lipinski definition) is 3. The molecular formula is C15H19BrN2O. The fourth-order valence-corrected chi connectivity index (χ4v) is 2.53. The number of rotatable bonds is 7. The molecule has 0 amide bonds. The molecule has 0 radical (unpaired) electrons. The van der Waals surface area contributed by atoms with Gasteiger partial charge in [0.1, 0.15) is 5.75 Å². The molecule has 0 atom stereocenters. The number of halogens is 1. The highest BCUT2D eigenvalue weighted by molar-refractivity contribution is 9.10. The van der Waals surface area contributed by atoms with Crippen LogP contribution in [0.4, 0.5) is 0 Å². The maximum absolute atomic E-state index is 8.79. The summed E-state index contributed by atoms with van der Waals surface area (Å²) in [5.41, 5.74) is 1.36. The highest BCUT2D eigenvalue weighted by Gasteiger charge is 2.43. The van der Waals surface area contributed by atoms with Crippen molar-refractivity contribution in [1.29, 1.82) is 5.26 Å². The van der Waals surface area contributed by atoms with E-state index in [1.807, 2.05) is 6.07 Å². The summed E-state index contributed by atoms with van der Waals surface area (Å²) in [5, 5.41) is 12.1. The Bertz CT molecular complexity index is 478. The number of ether oxygens (including phenoxy) is 1. The van der Waals surface area contributed by atoms with Crippen LogP contribution in [-0.4, -0.2) is 13.2 Å². The molecule has 0 aromatic heterocycles. The van der Waals surface area contributed by atoms with E-state index >= 15 is 0 Å². The predicted molar refractivity (Wildman–Crippen MR) is 78.9 cm³/mol. The summed E-state index contributed by atoms with van der Waals surface area (Å²) in [6, 6.07) is 8.41. The highest BCUT2D eigenvalue weighted by atomic mass is 79.9. The van der Waals surface area contributed by atoms with Gasteiger partial charge in [-0.05, 0) is 53.0 Å². The number of nitrogens with zero attached hydrogens (tertiary/aromatic N) is 1. The third-order valence-corrected chi connectivity index (χ3v) is 4.14. The van der Waals surface area contributed by atoms with Crippen molar-refractivity contribution in [3.05, 3.63) is 28.2 Å². The van der Waals surface area contributed by atoms with Crippen LogP contribution >= 0.6 is 15.9 Å². The fraction of sp³-hybridized carbons (Fsp3) is 0.533. The zero-order valence-corrected chi connectivity index (χ0v) is 12.8. The number of nitrogens with one attached hydrogen (secondary N) is 1. The van der Waals surface area contributed by atoms with E-state index in [1.54, 1.807) is 0 Å². The SMILES string of the molecule is CCNCc1ccc(OCC2(CC#N)CC2)c(Br)c1. The van der Waals surface area contributed by atoms with Crippen molar-refractivity contribution in [3.63, 3.8) is 0 Å². The van der Waals surface area contributed by atoms with Crippen LogP contribution in [0.15, 0.2) is 22.7 Å². The molecular weight excluding hydrogens is 304 g/mol. The van der Waals surface area contributed by atoms with Gasteiger partial charge in [-0.3, -0.25) is 0 Å². The van der Waals surface area contributed by atoms with E-state index in [0.29, 0.717) is 13.0 Å². The van der Waals surface area contributed by atoms with Crippen LogP contribution < -0.4 is 10.1 Å². The predicted octanol–water partition coefficient (Wildman–Crippen LogP) is 3.63. The Morgan fingerprint density at radius 1 is 1.47 bits per heavy atom. The Labute approximate surface area is 123 Å². The van der Waals surface area contributed by atoms with Gasteiger partial charge in [0.25, 0.3) is 0 Å². The zero-order valence-electron chi connectivity index (χ0n) is 11.2. The Kier molecular flexibility index (Phi) is 4.84. The summed E-state index contributed by atoms with van der Waals surface area (Å²) in [5.74, 6) is 0.865. The lowest BCUT2D eigenvalue weighted by Gasteiger charge is -2.14. The molecule has 102 valence electrons. The topological polar surface area (TPSA) is 45.0 Å². The van der Waals surface area contributed by atoms with Crippen molar-refractivity contribution < 1.29 is 4.74 Å². The molecule has 0 heterocycles. The van der Waals surface area contributed by atoms with Gasteiger partial charge in [0.2, 0.25) is 0 Å². The quantitative estimate of drug-likeness (QED) is 0.833. The summed E-state index contributed by atoms with van der Waals surface area (Å²) in [7, 11) is 0. The molecule has 4 heteroatoms. The van der Waals surface area contributed by atoms with E-state index in [-0.39, 0.29) is 5.41 Å². The van der Waals surface area contributed by atoms with E-state index in [0.717, 1.165) is 36.2 Å². The second-order valence-corrected chi connectivity index (χ2v) is 6.02. The van der Waals surface area contributed by atoms with Crippen molar-refractivity contribution in [2.45, 2.75) is 32.7 Å². The minimum atomic E-state index is 0.122. The molecule has 1 fully saturated rings. The van der Waals surface area contributed by atoms with Crippen molar-refractivity contribution in [2.75, 3.05) is 13.2 Å². The molecule has 0 unspecified atom stereocenters. The molecule has 1 aromatic rings. The summed E-state index contributed by atoms with van der Waals surface area (Å²) in [6.07, 6.45) is 2.82. The molecule has 0 aliphatic heterocycles. The molecule has 0 bridgehead atoms. The Morgan fingerprint density at radius 3 is 2.84 bits per heavy atom. The zero-order chi connectivity index (χ0) is 13.7. The van der Waals surface area contributed by atoms with Crippen molar-refractivity contribution in [2.24, 2.45) is 5.41 Å². The number of hydrogen-bond donors (Lipinski definition) is 1. The first kappa shape index (κ1) is 14.4. The molecule has 1 aromatic carbocycles. The van der Waals surface area contributed by atoms with Gasteiger partial charge in [0.15, 0.2) is 0 Å². The number of benzene rings is 1. The molecule has 19 heavy (non-hydrogen) atoms. The lowest BCUT2D eigenvalue weighted by atomic mass is 10.1. The van der Waals surface area contributed by atoms with E-state index < -0.39 is 0 Å². The lowest BCUT2D eigenvalue weighted by molar-refractivity contribution is 0.235. The molecule has 0 spiro atoms. The Hall–Kier alpha value is -1.05.